The van der Waals surface area contributed by atoms with Crippen LogP contribution in [0.3, 0.4) is 0 Å². The highest BCUT2D eigenvalue weighted by atomic mass is 16.1. The van der Waals surface area contributed by atoms with Crippen LogP contribution in [0, 0.1) is 5.92 Å². The van der Waals surface area contributed by atoms with E-state index in [0.29, 0.717) is 0 Å². The first-order valence-electron chi connectivity index (χ1n) is 11.2. The molecule has 0 aromatic heterocycles. The number of carbonyl (C=O) groups excluding carboxylic acids is 1. The van der Waals surface area contributed by atoms with E-state index in [-0.39, 0.29) is 11.8 Å². The van der Waals surface area contributed by atoms with E-state index in [1.807, 2.05) is 0 Å². The van der Waals surface area contributed by atoms with Crippen molar-refractivity contribution in [1.82, 2.24) is 20.0 Å². The summed E-state index contributed by atoms with van der Waals surface area (Å²) in [5.74, 6) is 0.406. The first-order chi connectivity index (χ1) is 13.6. The van der Waals surface area contributed by atoms with Gasteiger partial charge in [-0.15, -0.1) is 0 Å². The molecule has 1 aromatic rings. The summed E-state index contributed by atoms with van der Waals surface area (Å²) < 4.78 is 1.19. The summed E-state index contributed by atoms with van der Waals surface area (Å²) in [4.78, 5) is 14.3. The molecule has 5 nitrogen and oxygen atoms in total. The number of piperidine rings is 1. The highest BCUT2D eigenvalue weighted by Gasteiger charge is 2.47. The van der Waals surface area contributed by atoms with Gasteiger partial charge in [0.2, 0.25) is 5.91 Å². The molecule has 5 heteroatoms. The first kappa shape index (κ1) is 19.9. The van der Waals surface area contributed by atoms with Gasteiger partial charge in [0.25, 0.3) is 0 Å². The molecule has 2 N–H and O–H groups in total. The molecule has 0 radical (unpaired) electrons. The van der Waals surface area contributed by atoms with Gasteiger partial charge in [0.1, 0.15) is 11.7 Å². The lowest BCUT2D eigenvalue weighted by molar-refractivity contribution is -0.125. The van der Waals surface area contributed by atoms with Crippen LogP contribution >= 0.6 is 0 Å². The maximum absolute atomic E-state index is 11.8. The number of nitrogens with one attached hydrogen (secondary N) is 2. The van der Waals surface area contributed by atoms with Crippen LogP contribution in [0.2, 0.25) is 0 Å². The normalized spacial score (nSPS) is 31.9. The first-order valence-corrected chi connectivity index (χ1v) is 11.2. The Morgan fingerprint density at radius 1 is 1.18 bits per heavy atom. The number of quaternary nitrogens is 1. The van der Waals surface area contributed by atoms with Gasteiger partial charge in [0, 0.05) is 51.9 Å². The Balaban J connectivity index is 1.42. The topological polar surface area (TPSA) is 44.4 Å². The van der Waals surface area contributed by atoms with Crippen molar-refractivity contribution in [1.29, 1.82) is 0 Å². The average molecular weight is 386 g/mol. The second kappa shape index (κ2) is 8.52. The van der Waals surface area contributed by atoms with Gasteiger partial charge in [0.05, 0.1) is 12.6 Å². The molecule has 0 bridgehead atoms. The average Bonchev–Trinajstić information content (AvgIpc) is 3.39. The molecular formula is C23H37N4O+. The molecule has 1 aromatic carbocycles. The maximum Gasteiger partial charge on any atom is 0.222 e. The molecule has 3 heterocycles. The van der Waals surface area contributed by atoms with E-state index in [2.05, 4.69) is 46.7 Å². The largest absolute Gasteiger partial charge is 0.359 e. The van der Waals surface area contributed by atoms with Gasteiger partial charge < -0.3 is 10.6 Å². The molecular weight excluding hydrogens is 348 g/mol. The number of hydrogen-bond donors (Lipinski definition) is 2. The van der Waals surface area contributed by atoms with Crippen LogP contribution in [-0.2, 0) is 11.3 Å². The van der Waals surface area contributed by atoms with Crippen molar-refractivity contribution in [2.75, 3.05) is 39.8 Å². The second-order valence-corrected chi connectivity index (χ2v) is 9.12. The van der Waals surface area contributed by atoms with E-state index in [4.69, 9.17) is 0 Å². The van der Waals surface area contributed by atoms with Crippen molar-refractivity contribution >= 4 is 11.6 Å². The third kappa shape index (κ3) is 3.72. The fraction of sp³-hybridized carbons (Fsp3) is 0.696. The van der Waals surface area contributed by atoms with Gasteiger partial charge in [-0.3, -0.25) is 14.2 Å². The molecule has 4 rings (SSSR count). The summed E-state index contributed by atoms with van der Waals surface area (Å²) in [6.45, 7) is 9.11. The molecule has 3 fully saturated rings. The van der Waals surface area contributed by atoms with E-state index in [1.54, 1.807) is 7.05 Å². The minimum absolute atomic E-state index is 0.199. The van der Waals surface area contributed by atoms with Crippen LogP contribution < -0.4 is 15.1 Å². The minimum atomic E-state index is 0.199. The summed E-state index contributed by atoms with van der Waals surface area (Å²) in [6.07, 6.45) is 5.94. The van der Waals surface area contributed by atoms with Crippen molar-refractivity contribution in [3.63, 3.8) is 0 Å². The molecule has 0 spiro atoms. The maximum atomic E-state index is 11.8. The lowest BCUT2D eigenvalue weighted by Gasteiger charge is -2.43. The van der Waals surface area contributed by atoms with Crippen LogP contribution in [-0.4, -0.2) is 62.7 Å². The lowest BCUT2D eigenvalue weighted by Crippen LogP contribution is -2.59. The third-order valence-corrected chi connectivity index (χ3v) is 7.65. The fourth-order valence-corrected chi connectivity index (χ4v) is 5.96. The van der Waals surface area contributed by atoms with Crippen molar-refractivity contribution in [2.45, 2.75) is 57.7 Å². The zero-order valence-corrected chi connectivity index (χ0v) is 17.6. The number of amides is 1. The van der Waals surface area contributed by atoms with Gasteiger partial charge >= 0.3 is 0 Å². The zero-order chi connectivity index (χ0) is 19.6. The lowest BCUT2D eigenvalue weighted by atomic mass is 9.95. The Morgan fingerprint density at radius 2 is 1.93 bits per heavy atom. The Labute approximate surface area is 170 Å². The van der Waals surface area contributed by atoms with Crippen molar-refractivity contribution < 1.29 is 4.79 Å². The number of likely N-dealkylation sites (tertiary alicyclic amines) is 2. The Kier molecular flexibility index (Phi) is 6.04. The molecule has 3 atom stereocenters. The van der Waals surface area contributed by atoms with Gasteiger partial charge in [-0.05, 0) is 50.6 Å². The predicted octanol–water partition coefficient (Wildman–Crippen LogP) is 2.50. The molecule has 1 amide bonds. The van der Waals surface area contributed by atoms with Gasteiger partial charge in [0.15, 0.2) is 0 Å². The molecule has 0 aliphatic carbocycles. The molecule has 3 aliphatic rings. The van der Waals surface area contributed by atoms with Gasteiger partial charge in [-0.25, -0.2) is 0 Å². The quantitative estimate of drug-likeness (QED) is 0.766. The molecule has 0 saturated carbocycles. The van der Waals surface area contributed by atoms with Gasteiger partial charge in [-0.1, -0.05) is 12.1 Å². The fourth-order valence-electron chi connectivity index (χ4n) is 5.96. The highest BCUT2D eigenvalue weighted by molar-refractivity contribution is 5.78. The standard InChI is InChI=1S/C23H36N4O/c1-18-4-3-15-27(18,22-9-12-25-16-22)21-7-5-19(6-8-21)17-26-13-10-20(11-14-26)23(28)24-2/h5-8,18,20,22,25H,3-4,9-17H2,1-2H3/p+1/t18-,22-,27?/m0/s1. The van der Waals surface area contributed by atoms with E-state index < -0.39 is 0 Å². The van der Waals surface area contributed by atoms with E-state index >= 15 is 0 Å². The monoisotopic (exact) mass is 385 g/mol. The number of hydrogen-bond acceptors (Lipinski definition) is 3. The van der Waals surface area contributed by atoms with E-state index in [0.717, 1.165) is 51.1 Å². The molecule has 28 heavy (non-hydrogen) atoms. The zero-order valence-electron chi connectivity index (χ0n) is 17.6. The van der Waals surface area contributed by atoms with Crippen LogP contribution in [0.4, 0.5) is 5.69 Å². The Bertz CT molecular complexity index is 662. The molecule has 1 unspecified atom stereocenters. The third-order valence-electron chi connectivity index (χ3n) is 7.65. The summed E-state index contributed by atoms with van der Waals surface area (Å²) in [7, 11) is 1.74. The molecule has 154 valence electrons. The van der Waals surface area contributed by atoms with Crippen molar-refractivity contribution in [3.8, 4) is 0 Å². The van der Waals surface area contributed by atoms with E-state index in [9.17, 15) is 4.79 Å². The molecule has 3 aliphatic heterocycles. The van der Waals surface area contributed by atoms with Crippen molar-refractivity contribution in [3.05, 3.63) is 29.8 Å². The van der Waals surface area contributed by atoms with Crippen LogP contribution in [0.15, 0.2) is 24.3 Å². The number of carbonyl (C=O) groups is 1. The van der Waals surface area contributed by atoms with Gasteiger partial charge in [-0.2, -0.15) is 0 Å². The highest BCUT2D eigenvalue weighted by Crippen LogP contribution is 2.39. The summed E-state index contributed by atoms with van der Waals surface area (Å²) in [5.41, 5.74) is 2.91. The minimum Gasteiger partial charge on any atom is -0.359 e. The summed E-state index contributed by atoms with van der Waals surface area (Å²) in [5, 5.41) is 6.39. The summed E-state index contributed by atoms with van der Waals surface area (Å²) >= 11 is 0. The molecule has 3 saturated heterocycles. The second-order valence-electron chi connectivity index (χ2n) is 9.12. The summed E-state index contributed by atoms with van der Waals surface area (Å²) in [6, 6.07) is 11.0. The smallest absolute Gasteiger partial charge is 0.222 e. The predicted molar refractivity (Wildman–Crippen MR) is 115 cm³/mol. The number of rotatable bonds is 5. The number of nitrogens with zero attached hydrogens (tertiary/aromatic N) is 2. The van der Waals surface area contributed by atoms with Crippen LogP contribution in [0.1, 0.15) is 44.6 Å². The Hall–Kier alpha value is -1.43. The van der Waals surface area contributed by atoms with E-state index in [1.165, 1.54) is 48.1 Å². The Morgan fingerprint density at radius 3 is 2.50 bits per heavy atom. The SMILES string of the molecule is CNC(=O)C1CCN(Cc2ccc([N+]3([C@H]4CCNC4)CCC[C@@H]3C)cc2)CC1. The van der Waals surface area contributed by atoms with Crippen LogP contribution in [0.5, 0.6) is 0 Å². The number of benzene rings is 1. The van der Waals surface area contributed by atoms with Crippen molar-refractivity contribution in [2.24, 2.45) is 5.92 Å². The van der Waals surface area contributed by atoms with Crippen LogP contribution in [0.25, 0.3) is 0 Å².